The molecule has 0 aliphatic carbocycles. The van der Waals surface area contributed by atoms with Gasteiger partial charge in [-0.05, 0) is 31.6 Å². The fourth-order valence-corrected chi connectivity index (χ4v) is 2.50. The zero-order valence-corrected chi connectivity index (χ0v) is 13.0. The predicted molar refractivity (Wildman–Crippen MR) is 80.3 cm³/mol. The highest BCUT2D eigenvalue weighted by atomic mass is 16.5. The first-order valence-electron chi connectivity index (χ1n) is 7.95. The summed E-state index contributed by atoms with van der Waals surface area (Å²) >= 11 is 0. The molecule has 6 heteroatoms. The van der Waals surface area contributed by atoms with Crippen molar-refractivity contribution in [2.24, 2.45) is 5.92 Å². The second kappa shape index (κ2) is 10.4. The smallest absolute Gasteiger partial charge is 0.317 e. The van der Waals surface area contributed by atoms with Crippen LogP contribution in [0.1, 0.15) is 45.4 Å². The number of ether oxygens (including phenoxy) is 1. The van der Waals surface area contributed by atoms with E-state index in [-0.39, 0.29) is 12.5 Å². The number of unbranched alkanes of at least 4 members (excludes halogenated alkanes) is 1. The summed E-state index contributed by atoms with van der Waals surface area (Å²) in [5, 5.41) is 11.6. The molecule has 122 valence electrons. The molecule has 1 unspecified atom stereocenters. The van der Waals surface area contributed by atoms with Crippen LogP contribution in [0.5, 0.6) is 0 Å². The van der Waals surface area contributed by atoms with Gasteiger partial charge in [-0.25, -0.2) is 4.79 Å². The van der Waals surface area contributed by atoms with Crippen molar-refractivity contribution in [3.63, 3.8) is 0 Å². The lowest BCUT2D eigenvalue weighted by Crippen LogP contribution is -2.46. The van der Waals surface area contributed by atoms with Crippen molar-refractivity contribution >= 4 is 12.0 Å². The number of amides is 2. The lowest BCUT2D eigenvalue weighted by molar-refractivity contribution is -0.137. The molecule has 1 atom stereocenters. The van der Waals surface area contributed by atoms with Gasteiger partial charge in [-0.3, -0.25) is 4.79 Å². The second-order valence-electron chi connectivity index (χ2n) is 5.58. The number of likely N-dealkylation sites (tertiary alicyclic amines) is 1. The zero-order valence-electron chi connectivity index (χ0n) is 13.0. The first-order valence-corrected chi connectivity index (χ1v) is 7.95. The lowest BCUT2D eigenvalue weighted by atomic mass is 9.93. The number of carbonyl (C=O) groups excluding carboxylic acids is 1. The van der Waals surface area contributed by atoms with E-state index in [0.717, 1.165) is 38.8 Å². The fraction of sp³-hybridized carbons (Fsp3) is 0.867. The summed E-state index contributed by atoms with van der Waals surface area (Å²) in [6.45, 7) is 5.35. The van der Waals surface area contributed by atoms with E-state index >= 15 is 0 Å². The Labute approximate surface area is 126 Å². The van der Waals surface area contributed by atoms with Gasteiger partial charge in [-0.1, -0.05) is 13.3 Å². The van der Waals surface area contributed by atoms with Gasteiger partial charge in [0, 0.05) is 32.7 Å². The van der Waals surface area contributed by atoms with Crippen molar-refractivity contribution in [2.75, 3.05) is 32.8 Å². The Kier molecular flexibility index (Phi) is 8.82. The van der Waals surface area contributed by atoms with E-state index < -0.39 is 5.97 Å². The number of hydrogen-bond acceptors (Lipinski definition) is 3. The van der Waals surface area contributed by atoms with E-state index in [9.17, 15) is 9.59 Å². The topological polar surface area (TPSA) is 78.9 Å². The molecule has 0 aromatic heterocycles. The van der Waals surface area contributed by atoms with Crippen LogP contribution >= 0.6 is 0 Å². The van der Waals surface area contributed by atoms with Crippen molar-refractivity contribution in [1.29, 1.82) is 0 Å². The van der Waals surface area contributed by atoms with Gasteiger partial charge < -0.3 is 20.1 Å². The molecule has 21 heavy (non-hydrogen) atoms. The molecule has 2 amide bonds. The Hall–Kier alpha value is -1.30. The van der Waals surface area contributed by atoms with Crippen LogP contribution in [0.4, 0.5) is 4.79 Å². The molecular weight excluding hydrogens is 272 g/mol. The van der Waals surface area contributed by atoms with Gasteiger partial charge in [0.25, 0.3) is 0 Å². The summed E-state index contributed by atoms with van der Waals surface area (Å²) in [6, 6.07) is -0.0610. The normalized spacial score (nSPS) is 18.5. The molecule has 1 fully saturated rings. The minimum atomic E-state index is -0.763. The third-order valence-electron chi connectivity index (χ3n) is 3.74. The van der Waals surface area contributed by atoms with Crippen molar-refractivity contribution in [3.8, 4) is 0 Å². The molecule has 1 aliphatic rings. The number of carboxylic acid groups (broad SMARTS) is 1. The van der Waals surface area contributed by atoms with E-state index in [2.05, 4.69) is 12.2 Å². The molecule has 0 bridgehead atoms. The molecule has 1 aliphatic heterocycles. The zero-order chi connectivity index (χ0) is 15.5. The van der Waals surface area contributed by atoms with Crippen LogP contribution < -0.4 is 5.32 Å². The maximum atomic E-state index is 12.0. The van der Waals surface area contributed by atoms with E-state index in [1.165, 1.54) is 0 Å². The summed E-state index contributed by atoms with van der Waals surface area (Å²) in [4.78, 5) is 24.4. The number of carboxylic acids is 1. The van der Waals surface area contributed by atoms with Crippen molar-refractivity contribution in [3.05, 3.63) is 0 Å². The SMILES string of the molecule is CCCCOCCNC(=O)N1CCCC(CCC(=O)O)C1. The standard InChI is InChI=1S/C15H28N2O4/c1-2-3-10-21-11-8-16-15(20)17-9-4-5-13(12-17)6-7-14(18)19/h13H,2-12H2,1H3,(H,16,20)(H,18,19). The minimum Gasteiger partial charge on any atom is -0.481 e. The number of rotatable bonds is 9. The molecule has 0 radical (unpaired) electrons. The molecule has 1 heterocycles. The minimum absolute atomic E-state index is 0.0610. The first-order chi connectivity index (χ1) is 10.1. The van der Waals surface area contributed by atoms with Gasteiger partial charge in [-0.15, -0.1) is 0 Å². The summed E-state index contributed by atoms with van der Waals surface area (Å²) < 4.78 is 5.40. The van der Waals surface area contributed by atoms with Crippen molar-refractivity contribution in [1.82, 2.24) is 10.2 Å². The molecule has 1 rings (SSSR count). The number of piperidine rings is 1. The van der Waals surface area contributed by atoms with Gasteiger partial charge in [0.05, 0.1) is 6.61 Å². The number of carbonyl (C=O) groups is 2. The van der Waals surface area contributed by atoms with Crippen molar-refractivity contribution in [2.45, 2.75) is 45.4 Å². The van der Waals surface area contributed by atoms with Crippen LogP contribution in [0.25, 0.3) is 0 Å². The van der Waals surface area contributed by atoms with E-state index in [4.69, 9.17) is 9.84 Å². The monoisotopic (exact) mass is 300 g/mol. The average Bonchev–Trinajstić information content (AvgIpc) is 2.48. The molecule has 6 nitrogen and oxygen atoms in total. The van der Waals surface area contributed by atoms with E-state index in [1.54, 1.807) is 4.90 Å². The van der Waals surface area contributed by atoms with Crippen LogP contribution in [0.3, 0.4) is 0 Å². The molecule has 0 aromatic rings. The maximum Gasteiger partial charge on any atom is 0.317 e. The second-order valence-corrected chi connectivity index (χ2v) is 5.58. The highest BCUT2D eigenvalue weighted by Gasteiger charge is 2.23. The Balaban J connectivity index is 2.16. The molecule has 2 N–H and O–H groups in total. The van der Waals surface area contributed by atoms with Crippen LogP contribution in [-0.2, 0) is 9.53 Å². The van der Waals surface area contributed by atoms with E-state index in [1.807, 2.05) is 0 Å². The van der Waals surface area contributed by atoms with Gasteiger partial charge >= 0.3 is 12.0 Å². The molecular formula is C15H28N2O4. The van der Waals surface area contributed by atoms with Crippen LogP contribution in [0, 0.1) is 5.92 Å². The Bertz CT molecular complexity index is 323. The number of hydrogen-bond donors (Lipinski definition) is 2. The van der Waals surface area contributed by atoms with Gasteiger partial charge in [-0.2, -0.15) is 0 Å². The molecule has 0 spiro atoms. The van der Waals surface area contributed by atoms with Gasteiger partial charge in [0.2, 0.25) is 0 Å². The maximum absolute atomic E-state index is 12.0. The molecule has 0 aromatic carbocycles. The number of nitrogens with one attached hydrogen (secondary N) is 1. The number of urea groups is 1. The third kappa shape index (κ3) is 7.90. The summed E-state index contributed by atoms with van der Waals surface area (Å²) in [7, 11) is 0. The van der Waals surface area contributed by atoms with Gasteiger partial charge in [0.1, 0.15) is 0 Å². The quantitative estimate of drug-likeness (QED) is 0.639. The van der Waals surface area contributed by atoms with Gasteiger partial charge in [0.15, 0.2) is 0 Å². The number of nitrogens with zero attached hydrogens (tertiary/aromatic N) is 1. The van der Waals surface area contributed by atoms with Crippen LogP contribution in [0.2, 0.25) is 0 Å². The average molecular weight is 300 g/mol. The van der Waals surface area contributed by atoms with Crippen LogP contribution in [-0.4, -0.2) is 54.9 Å². The summed E-state index contributed by atoms with van der Waals surface area (Å²) in [6.07, 6.45) is 4.95. The highest BCUT2D eigenvalue weighted by Crippen LogP contribution is 2.20. The van der Waals surface area contributed by atoms with E-state index in [0.29, 0.717) is 32.0 Å². The Morgan fingerprint density at radius 3 is 2.90 bits per heavy atom. The molecule has 1 saturated heterocycles. The largest absolute Gasteiger partial charge is 0.481 e. The number of aliphatic carboxylic acids is 1. The predicted octanol–water partition coefficient (Wildman–Crippen LogP) is 2.09. The van der Waals surface area contributed by atoms with Crippen LogP contribution in [0.15, 0.2) is 0 Å². The Morgan fingerprint density at radius 1 is 1.38 bits per heavy atom. The summed E-state index contributed by atoms with van der Waals surface area (Å²) in [5.74, 6) is -0.456. The lowest BCUT2D eigenvalue weighted by Gasteiger charge is -2.32. The molecule has 0 saturated carbocycles. The highest BCUT2D eigenvalue weighted by molar-refractivity contribution is 5.74. The fourth-order valence-electron chi connectivity index (χ4n) is 2.50. The third-order valence-corrected chi connectivity index (χ3v) is 3.74. The first kappa shape index (κ1) is 17.8. The van der Waals surface area contributed by atoms with Crippen molar-refractivity contribution < 1.29 is 19.4 Å². The summed E-state index contributed by atoms with van der Waals surface area (Å²) in [5.41, 5.74) is 0. The Morgan fingerprint density at radius 2 is 2.19 bits per heavy atom.